The summed E-state index contributed by atoms with van der Waals surface area (Å²) in [7, 11) is 0. The lowest BCUT2D eigenvalue weighted by atomic mass is 10.3. The maximum absolute atomic E-state index is 10.4. The molecule has 1 aliphatic heterocycles. The number of hydrogen-bond acceptors (Lipinski definition) is 4. The monoisotopic (exact) mass is 206 g/mol. The summed E-state index contributed by atoms with van der Waals surface area (Å²) in [4.78, 5) is 10.4. The quantitative estimate of drug-likeness (QED) is 0.299. The molecular weight excluding hydrogens is 196 g/mol. The molecule has 1 atom stereocenters. The second-order valence-electron chi connectivity index (χ2n) is 2.68. The number of unbranched alkanes of at least 4 members (excludes halogenated alkanes) is 1. The molecule has 0 spiro atoms. The first-order valence-corrected chi connectivity index (χ1v) is 4.48. The van der Waals surface area contributed by atoms with E-state index in [4.69, 9.17) is 11.6 Å². The Kier molecular flexibility index (Phi) is 3.30. The molecule has 0 N–H and O–H groups in total. The first-order chi connectivity index (χ1) is 6.16. The van der Waals surface area contributed by atoms with Crippen LogP contribution >= 0.6 is 11.6 Å². The standard InChI is InChI=1S/C6H11ClN4O2/c1-2-3-4-9-6(7)10(5-8-9)11(12)13/h5-6H,2-4H2,1H3. The van der Waals surface area contributed by atoms with Gasteiger partial charge in [-0.15, -0.1) is 0 Å². The van der Waals surface area contributed by atoms with Crippen LogP contribution in [0.4, 0.5) is 0 Å². The fraction of sp³-hybridized carbons (Fsp3) is 0.833. The lowest BCUT2D eigenvalue weighted by Crippen LogP contribution is -2.39. The third-order valence-electron chi connectivity index (χ3n) is 1.71. The van der Waals surface area contributed by atoms with E-state index in [2.05, 4.69) is 5.10 Å². The highest BCUT2D eigenvalue weighted by molar-refractivity contribution is 6.20. The van der Waals surface area contributed by atoms with Crippen LogP contribution in [0.2, 0.25) is 0 Å². The van der Waals surface area contributed by atoms with Gasteiger partial charge in [0, 0.05) is 6.54 Å². The minimum atomic E-state index is -0.790. The second-order valence-corrected chi connectivity index (χ2v) is 3.07. The zero-order valence-corrected chi connectivity index (χ0v) is 8.02. The highest BCUT2D eigenvalue weighted by Gasteiger charge is 2.33. The average molecular weight is 207 g/mol. The van der Waals surface area contributed by atoms with Gasteiger partial charge >= 0.3 is 0 Å². The molecule has 0 fully saturated rings. The Balaban J connectivity index is 2.46. The number of hydrazine groups is 1. The van der Waals surface area contributed by atoms with Crippen LogP contribution in [0.5, 0.6) is 0 Å². The van der Waals surface area contributed by atoms with Gasteiger partial charge in [-0.25, -0.2) is 10.1 Å². The Hall–Kier alpha value is -1.04. The van der Waals surface area contributed by atoms with Crippen LogP contribution in [0.3, 0.4) is 0 Å². The van der Waals surface area contributed by atoms with E-state index in [9.17, 15) is 10.1 Å². The zero-order chi connectivity index (χ0) is 9.84. The molecular formula is C6H11ClN4O2. The molecule has 0 saturated carbocycles. The van der Waals surface area contributed by atoms with Crippen molar-refractivity contribution in [3.63, 3.8) is 0 Å². The molecule has 0 saturated heterocycles. The zero-order valence-electron chi connectivity index (χ0n) is 7.26. The van der Waals surface area contributed by atoms with Crippen molar-refractivity contribution < 1.29 is 5.03 Å². The van der Waals surface area contributed by atoms with Gasteiger partial charge in [-0.1, -0.05) is 24.9 Å². The summed E-state index contributed by atoms with van der Waals surface area (Å²) >= 11 is 5.76. The first-order valence-electron chi connectivity index (χ1n) is 4.04. The topological polar surface area (TPSA) is 62.0 Å². The van der Waals surface area contributed by atoms with E-state index in [-0.39, 0.29) is 0 Å². The summed E-state index contributed by atoms with van der Waals surface area (Å²) < 4.78 is 0. The van der Waals surface area contributed by atoms with Gasteiger partial charge in [0.25, 0.3) is 5.62 Å². The smallest absolute Gasteiger partial charge is 0.254 e. The Labute approximate surface area is 80.9 Å². The maximum atomic E-state index is 10.4. The first kappa shape index (κ1) is 10.0. The number of halogens is 1. The molecule has 0 aromatic rings. The van der Waals surface area contributed by atoms with E-state index < -0.39 is 10.7 Å². The summed E-state index contributed by atoms with van der Waals surface area (Å²) in [5.41, 5.74) is -0.790. The molecule has 1 unspecified atom stereocenters. The Bertz CT molecular complexity index is 223. The summed E-state index contributed by atoms with van der Waals surface area (Å²) in [5, 5.41) is 15.9. The van der Waals surface area contributed by atoms with E-state index in [1.165, 1.54) is 5.01 Å². The van der Waals surface area contributed by atoms with Crippen molar-refractivity contribution in [1.29, 1.82) is 0 Å². The van der Waals surface area contributed by atoms with Crippen molar-refractivity contribution in [2.75, 3.05) is 6.54 Å². The van der Waals surface area contributed by atoms with Crippen molar-refractivity contribution in [1.82, 2.24) is 10.0 Å². The van der Waals surface area contributed by atoms with Gasteiger partial charge in [0.1, 0.15) is 0 Å². The molecule has 0 aromatic carbocycles. The van der Waals surface area contributed by atoms with Crippen molar-refractivity contribution in [2.45, 2.75) is 25.4 Å². The molecule has 1 heterocycles. The van der Waals surface area contributed by atoms with E-state index in [0.717, 1.165) is 24.2 Å². The number of hydrogen-bond donors (Lipinski definition) is 0. The number of alkyl halides is 1. The van der Waals surface area contributed by atoms with Crippen LogP contribution < -0.4 is 0 Å². The second kappa shape index (κ2) is 4.27. The Morgan fingerprint density at radius 3 is 2.92 bits per heavy atom. The summed E-state index contributed by atoms with van der Waals surface area (Å²) in [6.07, 6.45) is 3.06. The van der Waals surface area contributed by atoms with Crippen molar-refractivity contribution >= 4 is 17.9 Å². The molecule has 1 aliphatic rings. The molecule has 0 amide bonds. The fourth-order valence-corrected chi connectivity index (χ4v) is 1.24. The Morgan fingerprint density at radius 1 is 1.77 bits per heavy atom. The summed E-state index contributed by atoms with van der Waals surface area (Å²) in [5.74, 6) is 0. The lowest BCUT2D eigenvalue weighted by Gasteiger charge is -2.18. The van der Waals surface area contributed by atoms with E-state index in [1.54, 1.807) is 0 Å². The van der Waals surface area contributed by atoms with E-state index in [1.807, 2.05) is 6.92 Å². The molecule has 1 rings (SSSR count). The van der Waals surface area contributed by atoms with Crippen LogP contribution in [0.25, 0.3) is 0 Å². The van der Waals surface area contributed by atoms with Gasteiger partial charge in [0.05, 0.1) is 0 Å². The number of rotatable bonds is 4. The third-order valence-corrected chi connectivity index (χ3v) is 2.14. The number of nitrogens with zero attached hydrogens (tertiary/aromatic N) is 4. The fourth-order valence-electron chi connectivity index (χ4n) is 0.970. The predicted molar refractivity (Wildman–Crippen MR) is 48.6 cm³/mol. The summed E-state index contributed by atoms with van der Waals surface area (Å²) in [6, 6.07) is 0. The highest BCUT2D eigenvalue weighted by Crippen LogP contribution is 2.16. The van der Waals surface area contributed by atoms with E-state index >= 15 is 0 Å². The number of hydrazone groups is 1. The van der Waals surface area contributed by atoms with Crippen LogP contribution in [-0.4, -0.2) is 33.6 Å². The molecule has 74 valence electrons. The minimum absolute atomic E-state index is 0.576. The molecule has 6 nitrogen and oxygen atoms in total. The minimum Gasteiger partial charge on any atom is -0.254 e. The molecule has 0 bridgehead atoms. The maximum Gasteiger partial charge on any atom is 0.257 e. The highest BCUT2D eigenvalue weighted by atomic mass is 35.5. The van der Waals surface area contributed by atoms with Crippen molar-refractivity contribution in [2.24, 2.45) is 5.10 Å². The van der Waals surface area contributed by atoms with Crippen molar-refractivity contribution in [3.8, 4) is 0 Å². The molecule has 0 aromatic heterocycles. The van der Waals surface area contributed by atoms with Crippen LogP contribution in [0.15, 0.2) is 5.10 Å². The van der Waals surface area contributed by atoms with Gasteiger partial charge in [-0.3, -0.25) is 5.01 Å². The van der Waals surface area contributed by atoms with Crippen molar-refractivity contribution in [3.05, 3.63) is 10.1 Å². The predicted octanol–water partition coefficient (Wildman–Crippen LogP) is 1.06. The number of nitro groups is 1. The van der Waals surface area contributed by atoms with Gasteiger partial charge in [-0.2, -0.15) is 5.10 Å². The lowest BCUT2D eigenvalue weighted by molar-refractivity contribution is -0.632. The van der Waals surface area contributed by atoms with Crippen LogP contribution in [0, 0.1) is 10.1 Å². The van der Waals surface area contributed by atoms with Gasteiger partial charge in [-0.05, 0) is 11.4 Å². The van der Waals surface area contributed by atoms with Gasteiger partial charge < -0.3 is 0 Å². The van der Waals surface area contributed by atoms with Crippen LogP contribution in [-0.2, 0) is 0 Å². The largest absolute Gasteiger partial charge is 0.257 e. The SMILES string of the molecule is CCCCN1N=CN([N+](=O)[O-])C1Cl. The van der Waals surface area contributed by atoms with E-state index in [0.29, 0.717) is 6.54 Å². The van der Waals surface area contributed by atoms with Crippen LogP contribution in [0.1, 0.15) is 19.8 Å². The Morgan fingerprint density at radius 2 is 2.46 bits per heavy atom. The molecule has 0 aliphatic carbocycles. The average Bonchev–Trinajstić information content (AvgIpc) is 2.43. The molecule has 7 heteroatoms. The van der Waals surface area contributed by atoms with Gasteiger partial charge in [0.2, 0.25) is 0 Å². The normalized spacial score (nSPS) is 21.2. The third kappa shape index (κ3) is 2.21. The summed E-state index contributed by atoms with van der Waals surface area (Å²) in [6.45, 7) is 2.68. The molecule has 13 heavy (non-hydrogen) atoms. The molecule has 0 radical (unpaired) electrons. The van der Waals surface area contributed by atoms with Gasteiger partial charge in [0.15, 0.2) is 11.4 Å².